The molecule has 0 radical (unpaired) electrons. The van der Waals surface area contributed by atoms with E-state index in [1.165, 1.54) is 29.8 Å². The van der Waals surface area contributed by atoms with Gasteiger partial charge in [0.15, 0.2) is 0 Å². The summed E-state index contributed by atoms with van der Waals surface area (Å²) in [5.41, 5.74) is 1.77. The van der Waals surface area contributed by atoms with Crippen LogP contribution in [0.1, 0.15) is 41.6 Å². The second-order valence-corrected chi connectivity index (χ2v) is 10.5. The highest BCUT2D eigenvalue weighted by Crippen LogP contribution is 2.44. The van der Waals surface area contributed by atoms with E-state index in [1.54, 1.807) is 42.5 Å². The van der Waals surface area contributed by atoms with Crippen LogP contribution in [0.5, 0.6) is 0 Å². The molecule has 0 heterocycles. The average molecular weight is 433 g/mol. The highest BCUT2D eigenvalue weighted by atomic mass is 35.5. The molecule has 2 bridgehead atoms. The molecule has 2 saturated carbocycles. The smallest absolute Gasteiger partial charge is 0.251 e. The maximum absolute atomic E-state index is 12.6. The van der Waals surface area contributed by atoms with Crippen LogP contribution in [-0.4, -0.2) is 26.6 Å². The molecule has 154 valence electrons. The zero-order chi connectivity index (χ0) is 20.6. The van der Waals surface area contributed by atoms with Crippen LogP contribution < -0.4 is 9.62 Å². The Morgan fingerprint density at radius 2 is 1.83 bits per heavy atom. The third-order valence-electron chi connectivity index (χ3n) is 6.14. The van der Waals surface area contributed by atoms with Crippen LogP contribution in [0.3, 0.4) is 0 Å². The van der Waals surface area contributed by atoms with Crippen LogP contribution in [0, 0.1) is 11.8 Å². The van der Waals surface area contributed by atoms with Gasteiger partial charge in [-0.3, -0.25) is 9.10 Å². The van der Waals surface area contributed by atoms with Crippen molar-refractivity contribution in [1.29, 1.82) is 0 Å². The first kappa shape index (κ1) is 20.2. The highest BCUT2D eigenvalue weighted by Gasteiger charge is 2.40. The van der Waals surface area contributed by atoms with Crippen LogP contribution in [0.25, 0.3) is 0 Å². The van der Waals surface area contributed by atoms with Crippen molar-refractivity contribution in [3.63, 3.8) is 0 Å². The Hall–Kier alpha value is -2.05. The SMILES string of the molecule is CS(=O)(=O)N(Cc1ccccc1Cl)c1ccc(C(=O)N[C@H]2C[C@H]3CC[C@H]2C3)cc1. The first-order valence-corrected chi connectivity index (χ1v) is 12.2. The lowest BCUT2D eigenvalue weighted by molar-refractivity contribution is 0.0923. The minimum Gasteiger partial charge on any atom is -0.349 e. The minimum atomic E-state index is -3.52. The fourth-order valence-electron chi connectivity index (χ4n) is 4.63. The number of benzene rings is 2. The van der Waals surface area contributed by atoms with Gasteiger partial charge >= 0.3 is 0 Å². The molecule has 2 fully saturated rings. The third-order valence-corrected chi connectivity index (χ3v) is 7.65. The first-order valence-electron chi connectivity index (χ1n) is 9.93. The predicted molar refractivity (Wildman–Crippen MR) is 116 cm³/mol. The van der Waals surface area contributed by atoms with Crippen LogP contribution in [0.4, 0.5) is 5.69 Å². The van der Waals surface area contributed by atoms with Crippen LogP contribution in [0.2, 0.25) is 5.02 Å². The van der Waals surface area contributed by atoms with E-state index in [1.807, 2.05) is 6.07 Å². The monoisotopic (exact) mass is 432 g/mol. The van der Waals surface area contributed by atoms with E-state index in [4.69, 9.17) is 11.6 Å². The van der Waals surface area contributed by atoms with Gasteiger partial charge in [0.05, 0.1) is 18.5 Å². The van der Waals surface area contributed by atoms with E-state index in [9.17, 15) is 13.2 Å². The number of hydrogen-bond acceptors (Lipinski definition) is 3. The molecule has 4 rings (SSSR count). The Morgan fingerprint density at radius 1 is 1.10 bits per heavy atom. The van der Waals surface area contributed by atoms with E-state index in [0.29, 0.717) is 22.2 Å². The van der Waals surface area contributed by atoms with Crippen molar-refractivity contribution >= 4 is 33.2 Å². The number of nitrogens with one attached hydrogen (secondary N) is 1. The van der Waals surface area contributed by atoms with Crippen molar-refractivity contribution in [3.05, 3.63) is 64.7 Å². The summed E-state index contributed by atoms with van der Waals surface area (Å²) < 4.78 is 26.0. The second kappa shape index (κ2) is 8.00. The average Bonchev–Trinajstić information content (AvgIpc) is 3.30. The molecule has 0 aliphatic heterocycles. The summed E-state index contributed by atoms with van der Waals surface area (Å²) in [5, 5.41) is 3.68. The van der Waals surface area contributed by atoms with E-state index < -0.39 is 10.0 Å². The molecule has 0 unspecified atom stereocenters. The van der Waals surface area contributed by atoms with Crippen molar-refractivity contribution in [2.45, 2.75) is 38.3 Å². The van der Waals surface area contributed by atoms with Crippen molar-refractivity contribution in [2.75, 3.05) is 10.6 Å². The quantitative estimate of drug-likeness (QED) is 0.742. The van der Waals surface area contributed by atoms with Gasteiger partial charge < -0.3 is 5.32 Å². The van der Waals surface area contributed by atoms with E-state index in [0.717, 1.165) is 17.9 Å². The molecule has 29 heavy (non-hydrogen) atoms. The molecule has 7 heteroatoms. The molecular formula is C22H25ClN2O3S. The van der Waals surface area contributed by atoms with Crippen molar-refractivity contribution in [1.82, 2.24) is 5.32 Å². The number of hydrogen-bond donors (Lipinski definition) is 1. The Labute approximate surface area is 177 Å². The number of carbonyl (C=O) groups excluding carboxylic acids is 1. The fraction of sp³-hybridized carbons (Fsp3) is 0.409. The van der Waals surface area contributed by atoms with Gasteiger partial charge in [0.2, 0.25) is 10.0 Å². The maximum Gasteiger partial charge on any atom is 0.251 e. The topological polar surface area (TPSA) is 66.5 Å². The number of rotatable bonds is 6. The number of sulfonamides is 1. The largest absolute Gasteiger partial charge is 0.349 e. The van der Waals surface area contributed by atoms with Gasteiger partial charge in [-0.05, 0) is 67.0 Å². The Morgan fingerprint density at radius 3 is 2.41 bits per heavy atom. The first-order chi connectivity index (χ1) is 13.8. The zero-order valence-corrected chi connectivity index (χ0v) is 17.9. The van der Waals surface area contributed by atoms with Gasteiger partial charge in [-0.25, -0.2) is 8.42 Å². The summed E-state index contributed by atoms with van der Waals surface area (Å²) in [5.74, 6) is 1.28. The lowest BCUT2D eigenvalue weighted by Crippen LogP contribution is -2.38. The summed E-state index contributed by atoms with van der Waals surface area (Å²) in [6.45, 7) is 0.134. The second-order valence-electron chi connectivity index (χ2n) is 8.16. The molecular weight excluding hydrogens is 408 g/mol. The predicted octanol–water partition coefficient (Wildman–Crippen LogP) is 4.22. The molecule has 0 aromatic heterocycles. The van der Waals surface area contributed by atoms with Gasteiger partial charge in [0.25, 0.3) is 5.91 Å². The molecule has 2 aromatic carbocycles. The van der Waals surface area contributed by atoms with E-state index in [2.05, 4.69) is 5.32 Å². The molecule has 0 spiro atoms. The summed E-state index contributed by atoms with van der Waals surface area (Å²) in [6.07, 6.45) is 5.97. The van der Waals surface area contributed by atoms with Gasteiger partial charge in [-0.2, -0.15) is 0 Å². The Kier molecular flexibility index (Phi) is 5.58. The standard InChI is InChI=1S/C22H25ClN2O3S/c1-29(27,28)25(14-18-4-2-3-5-20(18)23)19-10-8-16(9-11-19)22(26)24-21-13-15-6-7-17(21)12-15/h2-5,8-11,15,17,21H,6-7,12-14H2,1H3,(H,24,26)/t15-,17-,21-/m0/s1. The molecule has 2 aliphatic carbocycles. The molecule has 3 atom stereocenters. The maximum atomic E-state index is 12.6. The number of carbonyl (C=O) groups is 1. The number of amides is 1. The summed E-state index contributed by atoms with van der Waals surface area (Å²) in [4.78, 5) is 12.6. The number of halogens is 1. The molecule has 2 aromatic rings. The number of anilines is 1. The van der Waals surface area contributed by atoms with Gasteiger partial charge in [-0.15, -0.1) is 0 Å². The zero-order valence-electron chi connectivity index (χ0n) is 16.3. The molecule has 1 amide bonds. The lowest BCUT2D eigenvalue weighted by Gasteiger charge is -2.24. The summed E-state index contributed by atoms with van der Waals surface area (Å²) in [7, 11) is -3.52. The molecule has 5 nitrogen and oxygen atoms in total. The number of fused-ring (bicyclic) bond motifs is 2. The minimum absolute atomic E-state index is 0.0916. The molecule has 0 saturated heterocycles. The number of nitrogens with zero attached hydrogens (tertiary/aromatic N) is 1. The van der Waals surface area contributed by atoms with E-state index >= 15 is 0 Å². The highest BCUT2D eigenvalue weighted by molar-refractivity contribution is 7.92. The van der Waals surface area contributed by atoms with Crippen LogP contribution in [0.15, 0.2) is 48.5 Å². The van der Waals surface area contributed by atoms with Crippen LogP contribution >= 0.6 is 11.6 Å². The van der Waals surface area contributed by atoms with E-state index in [-0.39, 0.29) is 18.5 Å². The van der Waals surface area contributed by atoms with Crippen LogP contribution in [-0.2, 0) is 16.6 Å². The normalized spacial score (nSPS) is 23.2. The fourth-order valence-corrected chi connectivity index (χ4v) is 5.71. The van der Waals surface area contributed by atoms with Gasteiger partial charge in [0, 0.05) is 16.6 Å². The summed E-state index contributed by atoms with van der Waals surface area (Å²) in [6, 6.07) is 14.2. The summed E-state index contributed by atoms with van der Waals surface area (Å²) >= 11 is 6.21. The molecule has 1 N–H and O–H groups in total. The van der Waals surface area contributed by atoms with Crippen molar-refractivity contribution in [3.8, 4) is 0 Å². The van der Waals surface area contributed by atoms with Crippen molar-refractivity contribution < 1.29 is 13.2 Å². The Bertz CT molecular complexity index is 1010. The Balaban J connectivity index is 1.50. The van der Waals surface area contributed by atoms with Gasteiger partial charge in [0.1, 0.15) is 0 Å². The molecule has 2 aliphatic rings. The third kappa shape index (κ3) is 4.43. The lowest BCUT2D eigenvalue weighted by atomic mass is 9.95. The van der Waals surface area contributed by atoms with Crippen molar-refractivity contribution in [2.24, 2.45) is 11.8 Å². The van der Waals surface area contributed by atoms with Gasteiger partial charge in [-0.1, -0.05) is 36.2 Å².